The number of aromatic nitrogens is 2. The molecule has 16 heteroatoms. The molecule has 1 aromatic heterocycles. The number of amides is 2. The number of carbonyl (C=O) groups excluding carboxylic acids is 1. The van der Waals surface area contributed by atoms with Crippen LogP contribution in [0.5, 0.6) is 0 Å². The summed E-state index contributed by atoms with van der Waals surface area (Å²) in [4.78, 5) is 41.3. The zero-order chi connectivity index (χ0) is 31.2. The molecule has 0 saturated carbocycles. The number of carboxylic acids is 2. The molecule has 2 aliphatic heterocycles. The summed E-state index contributed by atoms with van der Waals surface area (Å²) in [5, 5.41) is 14.2. The molecule has 0 aliphatic carbocycles. The Kier molecular flexibility index (Phi) is 10.8. The van der Waals surface area contributed by atoms with Gasteiger partial charge in [-0.25, -0.2) is 19.4 Å². The Morgan fingerprint density at radius 2 is 1.39 bits per heavy atom. The Hall–Kier alpha value is -3.82. The van der Waals surface area contributed by atoms with Crippen molar-refractivity contribution in [3.05, 3.63) is 42.4 Å². The van der Waals surface area contributed by atoms with E-state index >= 15 is 0 Å². The number of rotatable bonds is 2. The number of aliphatic carboxylic acids is 2. The number of nitrogens with zero attached hydrogens (tertiary/aromatic N) is 5. The third kappa shape index (κ3) is 8.11. The predicted molar refractivity (Wildman–Crippen MR) is 134 cm³/mol. The number of likely N-dealkylation sites (tertiary alicyclic amines) is 1. The van der Waals surface area contributed by atoms with E-state index in [1.54, 1.807) is 4.90 Å². The zero-order valence-electron chi connectivity index (χ0n) is 22.5. The molecule has 41 heavy (non-hydrogen) atoms. The van der Waals surface area contributed by atoms with Crippen molar-refractivity contribution in [3.63, 3.8) is 0 Å². The molecule has 1 fully saturated rings. The maximum absolute atomic E-state index is 12.4. The van der Waals surface area contributed by atoms with Crippen LogP contribution in [-0.4, -0.2) is 105 Å². The second-order valence-electron chi connectivity index (χ2n) is 9.37. The Balaban J connectivity index is 0.000000349. The van der Waals surface area contributed by atoms with Gasteiger partial charge in [-0.15, -0.1) is 0 Å². The molecular formula is C25H31F6N5O5. The fourth-order valence-corrected chi connectivity index (χ4v) is 4.74. The number of likely N-dealkylation sites (N-methyl/N-ethyl adjacent to an activating group) is 1. The number of carboxylic acid groups (broad SMARTS) is 2. The third-order valence-electron chi connectivity index (χ3n) is 6.65. The Labute approximate surface area is 231 Å². The minimum atomic E-state index is -5.08. The lowest BCUT2D eigenvalue weighted by Gasteiger charge is -2.51. The van der Waals surface area contributed by atoms with E-state index in [1.165, 1.54) is 17.1 Å². The van der Waals surface area contributed by atoms with Gasteiger partial charge in [-0.05, 0) is 24.9 Å². The van der Waals surface area contributed by atoms with E-state index in [0.717, 1.165) is 45.6 Å². The fourth-order valence-electron chi connectivity index (χ4n) is 4.74. The molecule has 0 unspecified atom stereocenters. The molecule has 4 rings (SSSR count). The first-order valence-corrected chi connectivity index (χ1v) is 12.4. The summed E-state index contributed by atoms with van der Waals surface area (Å²) in [7, 11) is 3.65. The summed E-state index contributed by atoms with van der Waals surface area (Å²) in [5.74, 6) is -4.34. The molecule has 2 aromatic rings. The molecule has 2 amide bonds. The first-order valence-electron chi connectivity index (χ1n) is 12.4. The molecule has 3 heterocycles. The molecule has 10 nitrogen and oxygen atoms in total. The molecule has 0 radical (unpaired) electrons. The van der Waals surface area contributed by atoms with Gasteiger partial charge < -0.3 is 24.6 Å². The highest BCUT2D eigenvalue weighted by atomic mass is 19.4. The van der Waals surface area contributed by atoms with E-state index in [9.17, 15) is 31.1 Å². The number of benzene rings is 1. The Morgan fingerprint density at radius 1 is 0.902 bits per heavy atom. The Bertz CT molecular complexity index is 1170. The van der Waals surface area contributed by atoms with Gasteiger partial charge in [0, 0.05) is 40.3 Å². The summed E-state index contributed by atoms with van der Waals surface area (Å²) in [6, 6.07) is 10.6. The van der Waals surface area contributed by atoms with Crippen LogP contribution >= 0.6 is 0 Å². The van der Waals surface area contributed by atoms with Crippen LogP contribution < -0.4 is 0 Å². The maximum atomic E-state index is 12.4. The van der Waals surface area contributed by atoms with Crippen molar-refractivity contribution in [1.82, 2.24) is 24.3 Å². The van der Waals surface area contributed by atoms with Crippen molar-refractivity contribution in [2.45, 2.75) is 44.2 Å². The summed E-state index contributed by atoms with van der Waals surface area (Å²) in [6.45, 7) is 6.80. The third-order valence-corrected chi connectivity index (χ3v) is 6.65. The number of fused-ring (bicyclic) bond motifs is 2. The number of hydrogen-bond acceptors (Lipinski definition) is 5. The van der Waals surface area contributed by atoms with Crippen LogP contribution in [0.3, 0.4) is 0 Å². The molecule has 0 bridgehead atoms. The number of piperidine rings is 1. The highest BCUT2D eigenvalue weighted by Crippen LogP contribution is 2.42. The maximum Gasteiger partial charge on any atom is 0.490 e. The molecule has 1 spiro atoms. The lowest BCUT2D eigenvalue weighted by molar-refractivity contribution is -0.193. The zero-order valence-corrected chi connectivity index (χ0v) is 22.5. The van der Waals surface area contributed by atoms with E-state index in [2.05, 4.69) is 46.7 Å². The average Bonchev–Trinajstić information content (AvgIpc) is 3.34. The van der Waals surface area contributed by atoms with Crippen LogP contribution in [-0.2, 0) is 21.7 Å². The van der Waals surface area contributed by atoms with Crippen molar-refractivity contribution in [3.8, 4) is 11.3 Å². The van der Waals surface area contributed by atoms with Crippen LogP contribution in [0.4, 0.5) is 31.1 Å². The van der Waals surface area contributed by atoms with Crippen molar-refractivity contribution in [2.75, 3.05) is 40.3 Å². The monoisotopic (exact) mass is 595 g/mol. The summed E-state index contributed by atoms with van der Waals surface area (Å²) >= 11 is 0. The van der Waals surface area contributed by atoms with Gasteiger partial charge in [-0.1, -0.05) is 37.3 Å². The van der Waals surface area contributed by atoms with Crippen LogP contribution in [0.2, 0.25) is 0 Å². The average molecular weight is 596 g/mol. The van der Waals surface area contributed by atoms with E-state index in [-0.39, 0.29) is 11.6 Å². The first kappa shape index (κ1) is 33.4. The minimum absolute atomic E-state index is 0.0663. The largest absolute Gasteiger partial charge is 0.490 e. The van der Waals surface area contributed by atoms with Gasteiger partial charge >= 0.3 is 30.3 Å². The minimum Gasteiger partial charge on any atom is -0.475 e. The van der Waals surface area contributed by atoms with Gasteiger partial charge in [0.1, 0.15) is 5.82 Å². The van der Waals surface area contributed by atoms with Gasteiger partial charge in [-0.2, -0.15) is 26.3 Å². The summed E-state index contributed by atoms with van der Waals surface area (Å²) < 4.78 is 65.9. The highest BCUT2D eigenvalue weighted by molar-refractivity contribution is 5.74. The second kappa shape index (κ2) is 13.2. The molecule has 0 atom stereocenters. The topological polar surface area (TPSA) is 119 Å². The number of imidazole rings is 1. The van der Waals surface area contributed by atoms with Crippen molar-refractivity contribution in [1.29, 1.82) is 0 Å². The smallest absolute Gasteiger partial charge is 0.475 e. The van der Waals surface area contributed by atoms with Gasteiger partial charge in [0.15, 0.2) is 0 Å². The lowest BCUT2D eigenvalue weighted by atomic mass is 9.83. The molecule has 2 N–H and O–H groups in total. The van der Waals surface area contributed by atoms with Gasteiger partial charge in [0.05, 0.1) is 17.4 Å². The number of carbonyl (C=O) groups is 3. The van der Waals surface area contributed by atoms with E-state index in [1.807, 2.05) is 25.2 Å². The van der Waals surface area contributed by atoms with Gasteiger partial charge in [0.2, 0.25) is 0 Å². The standard InChI is InChI=1S/C21H29N5O.2C2HF3O2/c1-4-25-14-15-26-18(17-8-6-5-7-9-17)16-22-19(26)21(25)10-12-24(13-11-21)20(27)23(2)3;2*3-2(4,5)1(6)7/h5-9,16H,4,10-15H2,1-3H3;2*(H,6,7). The number of urea groups is 1. The number of hydrogen-bond donors (Lipinski definition) is 2. The highest BCUT2D eigenvalue weighted by Gasteiger charge is 2.47. The van der Waals surface area contributed by atoms with Crippen LogP contribution in [0, 0.1) is 0 Å². The molecule has 1 saturated heterocycles. The van der Waals surface area contributed by atoms with Gasteiger partial charge in [0.25, 0.3) is 0 Å². The lowest BCUT2D eigenvalue weighted by Crippen LogP contribution is -2.59. The van der Waals surface area contributed by atoms with Crippen LogP contribution in [0.1, 0.15) is 25.6 Å². The Morgan fingerprint density at radius 3 is 1.80 bits per heavy atom. The number of alkyl halides is 6. The van der Waals surface area contributed by atoms with Crippen LogP contribution in [0.25, 0.3) is 11.3 Å². The van der Waals surface area contributed by atoms with E-state index < -0.39 is 24.3 Å². The van der Waals surface area contributed by atoms with E-state index in [0.29, 0.717) is 0 Å². The second-order valence-corrected chi connectivity index (χ2v) is 9.37. The fraction of sp³-hybridized carbons (Fsp3) is 0.520. The first-order chi connectivity index (χ1) is 19.0. The molecular weight excluding hydrogens is 564 g/mol. The van der Waals surface area contributed by atoms with Crippen molar-refractivity contribution >= 4 is 18.0 Å². The van der Waals surface area contributed by atoms with E-state index in [4.69, 9.17) is 24.8 Å². The quantitative estimate of drug-likeness (QED) is 0.502. The predicted octanol–water partition coefficient (Wildman–Crippen LogP) is 4.12. The van der Waals surface area contributed by atoms with Crippen molar-refractivity contribution < 1.29 is 50.9 Å². The SMILES string of the molecule is CCN1CCn2c(-c3ccccc3)cnc2C12CCN(C(=O)N(C)C)CC2.O=C(O)C(F)(F)F.O=C(O)C(F)(F)F. The summed E-state index contributed by atoms with van der Waals surface area (Å²) in [5.41, 5.74) is 2.35. The van der Waals surface area contributed by atoms with Crippen molar-refractivity contribution in [2.24, 2.45) is 0 Å². The molecule has 228 valence electrons. The van der Waals surface area contributed by atoms with Gasteiger partial charge in [-0.3, -0.25) is 4.90 Å². The molecule has 2 aliphatic rings. The molecule has 1 aromatic carbocycles. The van der Waals surface area contributed by atoms with Crippen LogP contribution in [0.15, 0.2) is 36.5 Å². The number of halogens is 6. The normalized spacial score (nSPS) is 16.5. The summed E-state index contributed by atoms with van der Waals surface area (Å²) in [6.07, 6.45) is -6.26.